The molecule has 0 fully saturated rings. The van der Waals surface area contributed by atoms with Crippen LogP contribution in [0.25, 0.3) is 0 Å². The molecule has 0 aliphatic rings. The summed E-state index contributed by atoms with van der Waals surface area (Å²) in [5.74, 6) is 0. The van der Waals surface area contributed by atoms with Crippen LogP contribution in [-0.2, 0) is 0 Å². The van der Waals surface area contributed by atoms with Gasteiger partial charge in [0.2, 0.25) is 0 Å². The Bertz CT molecular complexity index is 504. The summed E-state index contributed by atoms with van der Waals surface area (Å²) in [4.78, 5) is 0. The molecule has 0 aromatic carbocycles. The molecule has 2 aromatic rings. The van der Waals surface area contributed by atoms with E-state index in [1.165, 1.54) is 12.4 Å². The molecule has 2 heterocycles. The fourth-order valence-electron chi connectivity index (χ4n) is 1.39. The van der Waals surface area contributed by atoms with Crippen molar-refractivity contribution in [1.82, 2.24) is 19.4 Å². The summed E-state index contributed by atoms with van der Waals surface area (Å²) in [5.41, 5.74) is 1.07. The zero-order valence-corrected chi connectivity index (χ0v) is 7.99. The summed E-state index contributed by atoms with van der Waals surface area (Å²) in [6.07, 6.45) is 6.37. The molecule has 0 unspecified atom stereocenters. The SMILES string of the molecule is N#Cc1cnn([BH2-]n2cc(C#N)cn2)c1. The maximum Gasteiger partial charge on any atom is 0.198 e. The predicted octanol–water partition coefficient (Wildman–Crippen LogP) is -0.782. The van der Waals surface area contributed by atoms with E-state index in [-0.39, 0.29) is 0 Å². The minimum Gasteiger partial charge on any atom is -0.427 e. The molecule has 15 heavy (non-hydrogen) atoms. The first-order chi connectivity index (χ1) is 7.31. The minimum atomic E-state index is -0.773. The van der Waals surface area contributed by atoms with Crippen molar-refractivity contribution in [2.45, 2.75) is 0 Å². The average Bonchev–Trinajstić information content (AvgIpc) is 2.87. The van der Waals surface area contributed by atoms with Crippen LogP contribution in [0.5, 0.6) is 0 Å². The van der Waals surface area contributed by atoms with Gasteiger partial charge in [0.05, 0.1) is 23.5 Å². The highest BCUT2D eigenvalue weighted by atomic mass is 15.3. The number of rotatable bonds is 2. The number of nitriles is 2. The van der Waals surface area contributed by atoms with Crippen molar-refractivity contribution in [3.05, 3.63) is 35.9 Å². The molecule has 7 heteroatoms. The molecular formula is C8H6BN6-. The quantitative estimate of drug-likeness (QED) is 0.591. The summed E-state index contributed by atoms with van der Waals surface area (Å²) in [5, 5.41) is 25.3. The van der Waals surface area contributed by atoms with Gasteiger partial charge >= 0.3 is 0 Å². The molecule has 0 aliphatic carbocycles. The number of aromatic nitrogens is 4. The monoisotopic (exact) mass is 197 g/mol. The minimum absolute atomic E-state index is 0.534. The Labute approximate surface area is 86.3 Å². The molecule has 0 bridgehead atoms. The van der Waals surface area contributed by atoms with Gasteiger partial charge in [-0.2, -0.15) is 10.5 Å². The van der Waals surface area contributed by atoms with Gasteiger partial charge in [-0.3, -0.25) is 0 Å². The van der Waals surface area contributed by atoms with Crippen LogP contribution in [0.4, 0.5) is 0 Å². The fourth-order valence-corrected chi connectivity index (χ4v) is 1.39. The maximum absolute atomic E-state index is 8.60. The Kier molecular flexibility index (Phi) is 2.22. The van der Waals surface area contributed by atoms with Crippen molar-refractivity contribution in [3.63, 3.8) is 0 Å². The molecule has 0 radical (unpaired) electrons. The summed E-state index contributed by atoms with van der Waals surface area (Å²) < 4.78 is 3.40. The molecule has 6 nitrogen and oxygen atoms in total. The van der Waals surface area contributed by atoms with Crippen molar-refractivity contribution >= 4 is 7.55 Å². The standard InChI is InChI=1S/C8H6BN6/c10-1-7-3-12-14(5-7)9-15-6-8(2-11)4-13-15/h3-6H,9H2/q-1. The first-order valence-electron chi connectivity index (χ1n) is 4.43. The molecule has 0 saturated carbocycles. The van der Waals surface area contributed by atoms with Crippen LogP contribution in [0, 0.1) is 22.7 Å². The van der Waals surface area contributed by atoms with Crippen LogP contribution in [-0.4, -0.2) is 26.9 Å². The van der Waals surface area contributed by atoms with E-state index >= 15 is 0 Å². The summed E-state index contributed by atoms with van der Waals surface area (Å²) in [6, 6.07) is 4.01. The number of hydrogen-bond donors (Lipinski definition) is 0. The van der Waals surface area contributed by atoms with Gasteiger partial charge in [-0.1, -0.05) is 0 Å². The first-order valence-corrected chi connectivity index (χ1v) is 4.43. The van der Waals surface area contributed by atoms with Crippen molar-refractivity contribution < 1.29 is 0 Å². The number of nitrogens with zero attached hydrogens (tertiary/aromatic N) is 6. The second kappa shape index (κ2) is 3.68. The number of hydrogen-bond acceptors (Lipinski definition) is 4. The Morgan fingerprint density at radius 2 is 1.47 bits per heavy atom. The topological polar surface area (TPSA) is 83.2 Å². The van der Waals surface area contributed by atoms with Crippen LogP contribution in [0.2, 0.25) is 0 Å². The van der Waals surface area contributed by atoms with Gasteiger partial charge in [0.15, 0.2) is 7.55 Å². The van der Waals surface area contributed by atoms with E-state index in [4.69, 9.17) is 10.5 Å². The van der Waals surface area contributed by atoms with Crippen molar-refractivity contribution in [2.24, 2.45) is 0 Å². The van der Waals surface area contributed by atoms with Crippen LogP contribution in [0.15, 0.2) is 24.8 Å². The lowest BCUT2D eigenvalue weighted by Crippen LogP contribution is -2.17. The molecule has 0 spiro atoms. The fraction of sp³-hybridized carbons (Fsp3) is 0. The first kappa shape index (κ1) is 9.04. The predicted molar refractivity (Wildman–Crippen MR) is 53.2 cm³/mol. The van der Waals surface area contributed by atoms with Gasteiger partial charge in [-0.15, -0.1) is 0 Å². The third-order valence-corrected chi connectivity index (χ3v) is 2.08. The molecular weight excluding hydrogens is 191 g/mol. The lowest BCUT2D eigenvalue weighted by atomic mass is 10.2. The van der Waals surface area contributed by atoms with E-state index in [9.17, 15) is 0 Å². The van der Waals surface area contributed by atoms with Crippen molar-refractivity contribution in [3.8, 4) is 12.1 Å². The Morgan fingerprint density at radius 1 is 1.00 bits per heavy atom. The zero-order valence-electron chi connectivity index (χ0n) is 7.99. The third kappa shape index (κ3) is 1.87. The van der Waals surface area contributed by atoms with Gasteiger partial charge < -0.3 is 9.19 Å². The second-order valence-electron chi connectivity index (χ2n) is 3.23. The van der Waals surface area contributed by atoms with Crippen LogP contribution >= 0.6 is 0 Å². The van der Waals surface area contributed by atoms with Crippen molar-refractivity contribution in [2.75, 3.05) is 0 Å². The van der Waals surface area contributed by atoms with E-state index in [1.54, 1.807) is 21.6 Å². The van der Waals surface area contributed by atoms with E-state index in [0.29, 0.717) is 11.1 Å². The van der Waals surface area contributed by atoms with E-state index < -0.39 is 7.55 Å². The summed E-state index contributed by atoms with van der Waals surface area (Å²) in [6.45, 7) is 0. The van der Waals surface area contributed by atoms with Crippen LogP contribution in [0.1, 0.15) is 11.1 Å². The normalized spacial score (nSPS) is 9.47. The Morgan fingerprint density at radius 3 is 1.80 bits per heavy atom. The smallest absolute Gasteiger partial charge is 0.198 e. The molecule has 2 aromatic heterocycles. The Hall–Kier alpha value is -2.54. The van der Waals surface area contributed by atoms with Gasteiger partial charge in [0, 0.05) is 0 Å². The summed E-state index contributed by atoms with van der Waals surface area (Å²) >= 11 is 0. The highest BCUT2D eigenvalue weighted by molar-refractivity contribution is 6.30. The molecule has 72 valence electrons. The average molecular weight is 197 g/mol. The van der Waals surface area contributed by atoms with E-state index in [1.807, 2.05) is 12.1 Å². The molecule has 2 rings (SSSR count). The molecule has 0 N–H and O–H groups in total. The molecule has 0 atom stereocenters. The zero-order chi connectivity index (χ0) is 10.7. The molecule has 0 saturated heterocycles. The lowest BCUT2D eigenvalue weighted by Gasteiger charge is -2.08. The van der Waals surface area contributed by atoms with Crippen molar-refractivity contribution in [1.29, 1.82) is 10.5 Å². The van der Waals surface area contributed by atoms with Gasteiger partial charge in [0.1, 0.15) is 12.1 Å². The lowest BCUT2D eigenvalue weighted by molar-refractivity contribution is 0.884. The summed E-state index contributed by atoms with van der Waals surface area (Å²) in [7, 11) is -0.773. The van der Waals surface area contributed by atoms with Gasteiger partial charge in [0.25, 0.3) is 0 Å². The van der Waals surface area contributed by atoms with E-state index in [2.05, 4.69) is 10.2 Å². The van der Waals surface area contributed by atoms with Gasteiger partial charge in [-0.05, 0) is 12.4 Å². The van der Waals surface area contributed by atoms with Gasteiger partial charge in [-0.25, -0.2) is 10.2 Å². The maximum atomic E-state index is 8.60. The Balaban J connectivity index is 2.16. The highest BCUT2D eigenvalue weighted by Gasteiger charge is 1.95. The van der Waals surface area contributed by atoms with Crippen LogP contribution in [0.3, 0.4) is 0 Å². The van der Waals surface area contributed by atoms with Crippen LogP contribution < -0.4 is 0 Å². The largest absolute Gasteiger partial charge is 0.427 e. The highest BCUT2D eigenvalue weighted by Crippen LogP contribution is 1.95. The third-order valence-electron chi connectivity index (χ3n) is 2.08. The second-order valence-corrected chi connectivity index (χ2v) is 3.23. The van der Waals surface area contributed by atoms with E-state index in [0.717, 1.165) is 0 Å². The molecule has 0 aliphatic heterocycles. The molecule has 0 amide bonds.